The number of carbonyl (C=O) groups is 1. The molecule has 7 heteroatoms. The Balaban J connectivity index is 1.86. The van der Waals surface area contributed by atoms with Crippen molar-refractivity contribution < 1.29 is 14.5 Å². The first kappa shape index (κ1) is 18.0. The molecule has 1 aromatic heterocycles. The maximum absolute atomic E-state index is 13.1. The summed E-state index contributed by atoms with van der Waals surface area (Å²) in [5.74, 6) is -0.243. The largest absolute Gasteiger partial charge is 0.376 e. The van der Waals surface area contributed by atoms with Crippen LogP contribution in [-0.2, 0) is 11.3 Å². The zero-order valence-corrected chi connectivity index (χ0v) is 14.6. The summed E-state index contributed by atoms with van der Waals surface area (Å²) < 4.78 is 5.67. The second kappa shape index (κ2) is 8.05. The molecular weight excluding hydrogens is 334 g/mol. The number of nitro benzene ring substituents is 1. The lowest BCUT2D eigenvalue weighted by atomic mass is 10.1. The van der Waals surface area contributed by atoms with E-state index in [0.29, 0.717) is 30.8 Å². The average molecular weight is 355 g/mol. The van der Waals surface area contributed by atoms with Crippen molar-refractivity contribution in [3.8, 4) is 0 Å². The number of aromatic nitrogens is 1. The molecule has 136 valence electrons. The third-order valence-electron chi connectivity index (χ3n) is 4.48. The van der Waals surface area contributed by atoms with Crippen molar-refractivity contribution in [1.82, 2.24) is 9.88 Å². The molecule has 1 aromatic carbocycles. The Morgan fingerprint density at radius 1 is 1.42 bits per heavy atom. The molecule has 1 saturated heterocycles. The number of benzene rings is 1. The van der Waals surface area contributed by atoms with E-state index < -0.39 is 4.92 Å². The molecule has 1 fully saturated rings. The van der Waals surface area contributed by atoms with Crippen LogP contribution >= 0.6 is 0 Å². The van der Waals surface area contributed by atoms with Crippen LogP contribution in [0, 0.1) is 17.0 Å². The number of nitrogens with zero attached hydrogens (tertiary/aromatic N) is 3. The Morgan fingerprint density at radius 3 is 2.92 bits per heavy atom. The SMILES string of the molecule is Cc1ccc(C(=O)N(Cc2cccnc2)C[C@H]2CCCO2)cc1[N+](=O)[O-]. The number of aryl methyl sites for hydroxylation is 1. The highest BCUT2D eigenvalue weighted by atomic mass is 16.6. The van der Waals surface area contributed by atoms with Gasteiger partial charge in [-0.1, -0.05) is 12.1 Å². The Kier molecular flexibility index (Phi) is 5.58. The zero-order valence-electron chi connectivity index (χ0n) is 14.6. The van der Waals surface area contributed by atoms with Gasteiger partial charge in [-0.2, -0.15) is 0 Å². The summed E-state index contributed by atoms with van der Waals surface area (Å²) in [5.41, 5.74) is 1.70. The molecule has 0 unspecified atom stereocenters. The van der Waals surface area contributed by atoms with Crippen LogP contribution < -0.4 is 0 Å². The van der Waals surface area contributed by atoms with Crippen molar-refractivity contribution in [2.75, 3.05) is 13.2 Å². The van der Waals surface area contributed by atoms with Gasteiger partial charge in [0.05, 0.1) is 11.0 Å². The normalized spacial score (nSPS) is 16.4. The molecular formula is C19H21N3O4. The third kappa shape index (κ3) is 4.23. The Hall–Kier alpha value is -2.80. The number of carbonyl (C=O) groups excluding carboxylic acids is 1. The molecule has 1 aliphatic heterocycles. The van der Waals surface area contributed by atoms with E-state index in [0.717, 1.165) is 18.4 Å². The van der Waals surface area contributed by atoms with Crippen LogP contribution in [-0.4, -0.2) is 40.0 Å². The molecule has 0 saturated carbocycles. The predicted octanol–water partition coefficient (Wildman–Crippen LogP) is 3.12. The van der Waals surface area contributed by atoms with E-state index in [1.165, 1.54) is 6.07 Å². The fourth-order valence-corrected chi connectivity index (χ4v) is 3.09. The van der Waals surface area contributed by atoms with Crippen molar-refractivity contribution in [2.24, 2.45) is 0 Å². The molecule has 1 amide bonds. The zero-order chi connectivity index (χ0) is 18.5. The first-order chi connectivity index (χ1) is 12.5. The lowest BCUT2D eigenvalue weighted by molar-refractivity contribution is -0.385. The second-order valence-corrected chi connectivity index (χ2v) is 6.44. The molecule has 0 aliphatic carbocycles. The third-order valence-corrected chi connectivity index (χ3v) is 4.48. The first-order valence-corrected chi connectivity index (χ1v) is 8.59. The summed E-state index contributed by atoms with van der Waals surface area (Å²) in [4.78, 5) is 29.6. The van der Waals surface area contributed by atoms with Gasteiger partial charge in [0.15, 0.2) is 0 Å². The van der Waals surface area contributed by atoms with Gasteiger partial charge in [0.25, 0.3) is 11.6 Å². The van der Waals surface area contributed by atoms with E-state index in [1.807, 2.05) is 12.1 Å². The van der Waals surface area contributed by atoms with Crippen LogP contribution in [0.5, 0.6) is 0 Å². The van der Waals surface area contributed by atoms with Crippen LogP contribution in [0.25, 0.3) is 0 Å². The fraction of sp³-hybridized carbons (Fsp3) is 0.368. The van der Waals surface area contributed by atoms with Crippen LogP contribution in [0.15, 0.2) is 42.7 Å². The summed E-state index contributed by atoms with van der Waals surface area (Å²) in [6, 6.07) is 8.32. The predicted molar refractivity (Wildman–Crippen MR) is 95.8 cm³/mol. The van der Waals surface area contributed by atoms with Gasteiger partial charge in [0, 0.05) is 49.3 Å². The van der Waals surface area contributed by atoms with Gasteiger partial charge in [0.2, 0.25) is 0 Å². The van der Waals surface area contributed by atoms with Crippen LogP contribution in [0.4, 0.5) is 5.69 Å². The maximum Gasteiger partial charge on any atom is 0.273 e. The molecule has 0 radical (unpaired) electrons. The van der Waals surface area contributed by atoms with Gasteiger partial charge < -0.3 is 9.64 Å². The second-order valence-electron chi connectivity index (χ2n) is 6.44. The van der Waals surface area contributed by atoms with Crippen LogP contribution in [0.1, 0.15) is 34.3 Å². The highest BCUT2D eigenvalue weighted by molar-refractivity contribution is 5.95. The van der Waals surface area contributed by atoms with Gasteiger partial charge in [0.1, 0.15) is 0 Å². The molecule has 2 heterocycles. The number of hydrogen-bond acceptors (Lipinski definition) is 5. The molecule has 7 nitrogen and oxygen atoms in total. The van der Waals surface area contributed by atoms with Gasteiger partial charge in [-0.25, -0.2) is 0 Å². The fourth-order valence-electron chi connectivity index (χ4n) is 3.09. The topological polar surface area (TPSA) is 85.6 Å². The highest BCUT2D eigenvalue weighted by Crippen LogP contribution is 2.22. The van der Waals surface area contributed by atoms with Gasteiger partial charge in [-0.05, 0) is 37.5 Å². The Morgan fingerprint density at radius 2 is 2.27 bits per heavy atom. The monoisotopic (exact) mass is 355 g/mol. The van der Waals surface area contributed by atoms with E-state index in [1.54, 1.807) is 36.4 Å². The minimum atomic E-state index is -0.461. The molecule has 2 aromatic rings. The molecule has 1 atom stereocenters. The lowest BCUT2D eigenvalue weighted by Gasteiger charge is -2.25. The average Bonchev–Trinajstić information content (AvgIpc) is 3.15. The van der Waals surface area contributed by atoms with Gasteiger partial charge in [-0.15, -0.1) is 0 Å². The van der Waals surface area contributed by atoms with E-state index in [4.69, 9.17) is 4.74 Å². The molecule has 0 spiro atoms. The number of ether oxygens (including phenoxy) is 1. The number of hydrogen-bond donors (Lipinski definition) is 0. The minimum Gasteiger partial charge on any atom is -0.376 e. The molecule has 0 bridgehead atoms. The summed E-state index contributed by atoms with van der Waals surface area (Å²) in [6.07, 6.45) is 5.28. The number of pyridine rings is 1. The molecule has 3 rings (SSSR count). The maximum atomic E-state index is 13.1. The van der Waals surface area contributed by atoms with Gasteiger partial charge >= 0.3 is 0 Å². The standard InChI is InChI=1S/C19H21N3O4/c1-14-6-7-16(10-18(14)22(24)25)19(23)21(13-17-5-3-9-26-17)12-15-4-2-8-20-11-15/h2,4,6-8,10-11,17H,3,5,9,12-13H2,1H3/t17-/m1/s1. The van der Waals surface area contributed by atoms with Crippen LogP contribution in [0.2, 0.25) is 0 Å². The van der Waals surface area contributed by atoms with Crippen molar-refractivity contribution in [1.29, 1.82) is 0 Å². The smallest absolute Gasteiger partial charge is 0.273 e. The van der Waals surface area contributed by atoms with Crippen LogP contribution in [0.3, 0.4) is 0 Å². The summed E-state index contributed by atoms with van der Waals surface area (Å²) >= 11 is 0. The lowest BCUT2D eigenvalue weighted by Crippen LogP contribution is -2.37. The van der Waals surface area contributed by atoms with E-state index >= 15 is 0 Å². The van der Waals surface area contributed by atoms with E-state index in [-0.39, 0.29) is 17.7 Å². The number of rotatable bonds is 6. The quantitative estimate of drug-likeness (QED) is 0.587. The van der Waals surface area contributed by atoms with Crippen molar-refractivity contribution in [2.45, 2.75) is 32.4 Å². The van der Waals surface area contributed by atoms with E-state index in [9.17, 15) is 14.9 Å². The van der Waals surface area contributed by atoms with Gasteiger partial charge in [-0.3, -0.25) is 19.9 Å². The molecule has 0 N–H and O–H groups in total. The summed E-state index contributed by atoms with van der Waals surface area (Å²) in [5, 5.41) is 11.2. The van der Waals surface area contributed by atoms with Crippen molar-refractivity contribution in [3.05, 3.63) is 69.5 Å². The van der Waals surface area contributed by atoms with E-state index in [2.05, 4.69) is 4.98 Å². The molecule has 26 heavy (non-hydrogen) atoms. The number of nitro groups is 1. The minimum absolute atomic E-state index is 0.00365. The number of amides is 1. The Labute approximate surface area is 151 Å². The first-order valence-electron chi connectivity index (χ1n) is 8.59. The van der Waals surface area contributed by atoms with Crippen molar-refractivity contribution in [3.63, 3.8) is 0 Å². The van der Waals surface area contributed by atoms with Crippen molar-refractivity contribution >= 4 is 11.6 Å². The highest BCUT2D eigenvalue weighted by Gasteiger charge is 2.25. The molecule has 1 aliphatic rings. The summed E-state index contributed by atoms with van der Waals surface area (Å²) in [7, 11) is 0. The summed E-state index contributed by atoms with van der Waals surface area (Å²) in [6.45, 7) is 3.20. The Bertz CT molecular complexity index is 789.